The second-order valence-corrected chi connectivity index (χ2v) is 4.12. The molecule has 0 unspecified atom stereocenters. The number of methoxy groups -OCH3 is 4. The topological polar surface area (TPSA) is 105 Å². The Balaban J connectivity index is 5.74. The quantitative estimate of drug-likeness (QED) is 0.366. The summed E-state index contributed by atoms with van der Waals surface area (Å²) in [4.78, 5) is 47.2. The monoisotopic (exact) mass is 304 g/mol. The largest absolute Gasteiger partial charge is 0.468 e. The van der Waals surface area contributed by atoms with Crippen LogP contribution in [0.2, 0.25) is 0 Å². The first-order valence-corrected chi connectivity index (χ1v) is 6.20. The van der Waals surface area contributed by atoms with Crippen LogP contribution in [-0.4, -0.2) is 52.3 Å². The van der Waals surface area contributed by atoms with Gasteiger partial charge in [-0.1, -0.05) is 13.3 Å². The Morgan fingerprint density at radius 1 is 0.667 bits per heavy atom. The second-order valence-electron chi connectivity index (χ2n) is 4.12. The van der Waals surface area contributed by atoms with Gasteiger partial charge in [0.25, 0.3) is 0 Å². The van der Waals surface area contributed by atoms with Crippen molar-refractivity contribution in [3.8, 4) is 0 Å². The molecule has 0 aliphatic carbocycles. The number of ether oxygens (including phenoxy) is 4. The summed E-state index contributed by atoms with van der Waals surface area (Å²) in [6, 6.07) is 0. The molecule has 0 rings (SSSR count). The lowest BCUT2D eigenvalue weighted by Crippen LogP contribution is -2.43. The molecule has 0 aromatic heterocycles. The van der Waals surface area contributed by atoms with Crippen LogP contribution in [0.5, 0.6) is 0 Å². The summed E-state index contributed by atoms with van der Waals surface area (Å²) in [6.45, 7) is 1.61. The Kier molecular flexibility index (Phi) is 8.03. The minimum Gasteiger partial charge on any atom is -0.468 e. The molecule has 0 amide bonds. The average Bonchev–Trinajstić information content (AvgIpc) is 2.52. The third-order valence-corrected chi connectivity index (χ3v) is 3.15. The van der Waals surface area contributed by atoms with Gasteiger partial charge in [-0.05, 0) is 0 Å². The van der Waals surface area contributed by atoms with Crippen LogP contribution in [-0.2, 0) is 38.1 Å². The van der Waals surface area contributed by atoms with Gasteiger partial charge in [-0.3, -0.25) is 19.2 Å². The van der Waals surface area contributed by atoms with Crippen LogP contribution in [0.3, 0.4) is 0 Å². The fourth-order valence-electron chi connectivity index (χ4n) is 2.06. The predicted molar refractivity (Wildman–Crippen MR) is 68.8 cm³/mol. The lowest BCUT2D eigenvalue weighted by atomic mass is 9.79. The predicted octanol–water partition coefficient (Wildman–Crippen LogP) is -0.0630. The summed E-state index contributed by atoms with van der Waals surface area (Å²) in [5, 5.41) is 0. The molecule has 0 saturated carbocycles. The number of carbonyl (C=O) groups is 4. The van der Waals surface area contributed by atoms with Gasteiger partial charge in [0.05, 0.1) is 28.4 Å². The molecular weight excluding hydrogens is 284 g/mol. The smallest absolute Gasteiger partial charge is 0.320 e. The van der Waals surface area contributed by atoms with Crippen molar-refractivity contribution in [3.63, 3.8) is 0 Å². The zero-order chi connectivity index (χ0) is 16.6. The molecular formula is C13H20O8. The van der Waals surface area contributed by atoms with Crippen molar-refractivity contribution in [1.82, 2.24) is 0 Å². The van der Waals surface area contributed by atoms with Gasteiger partial charge in [-0.15, -0.1) is 0 Å². The molecule has 0 heterocycles. The van der Waals surface area contributed by atoms with E-state index in [1.165, 1.54) is 0 Å². The molecule has 0 atom stereocenters. The Morgan fingerprint density at radius 3 is 1.05 bits per heavy atom. The van der Waals surface area contributed by atoms with Crippen molar-refractivity contribution in [2.75, 3.05) is 28.4 Å². The van der Waals surface area contributed by atoms with Crippen LogP contribution >= 0.6 is 0 Å². The molecule has 0 saturated heterocycles. The summed E-state index contributed by atoms with van der Waals surface area (Å²) in [7, 11) is 4.37. The first-order valence-electron chi connectivity index (χ1n) is 6.20. The van der Waals surface area contributed by atoms with Gasteiger partial charge >= 0.3 is 23.9 Å². The van der Waals surface area contributed by atoms with E-state index in [0.29, 0.717) is 0 Å². The highest BCUT2D eigenvalue weighted by Crippen LogP contribution is 2.29. The number of carbonyl (C=O) groups excluding carboxylic acids is 4. The number of rotatable bonds is 7. The third kappa shape index (κ3) is 4.44. The van der Waals surface area contributed by atoms with E-state index in [9.17, 15) is 19.2 Å². The molecule has 0 N–H and O–H groups in total. The van der Waals surface area contributed by atoms with E-state index in [1.807, 2.05) is 0 Å². The van der Waals surface area contributed by atoms with Crippen molar-refractivity contribution >= 4 is 23.9 Å². The minimum absolute atomic E-state index is 0.156. The van der Waals surface area contributed by atoms with Gasteiger partial charge in [0.2, 0.25) is 0 Å². The highest BCUT2D eigenvalue weighted by Gasteiger charge is 2.47. The van der Waals surface area contributed by atoms with Crippen LogP contribution in [0, 0.1) is 17.8 Å². The molecule has 0 aliphatic rings. The summed E-state index contributed by atoms with van der Waals surface area (Å²) >= 11 is 0. The second kappa shape index (κ2) is 8.93. The molecule has 0 aromatic carbocycles. The van der Waals surface area contributed by atoms with E-state index in [4.69, 9.17) is 0 Å². The molecule has 0 bridgehead atoms. The Bertz CT molecular complexity index is 335. The molecule has 0 spiro atoms. The van der Waals surface area contributed by atoms with Gasteiger partial charge in [0.1, 0.15) is 0 Å². The van der Waals surface area contributed by atoms with Crippen LogP contribution in [0.25, 0.3) is 0 Å². The van der Waals surface area contributed by atoms with Crippen LogP contribution in [0.15, 0.2) is 0 Å². The molecule has 0 aliphatic heterocycles. The van der Waals surface area contributed by atoms with Gasteiger partial charge in [0.15, 0.2) is 11.8 Å². The van der Waals surface area contributed by atoms with E-state index < -0.39 is 41.6 Å². The SMILES string of the molecule is CCC(C(C(=O)OC)C(=O)OC)C(C(=O)OC)C(=O)OC. The molecule has 0 fully saturated rings. The van der Waals surface area contributed by atoms with Crippen molar-refractivity contribution in [2.24, 2.45) is 17.8 Å². The summed E-state index contributed by atoms with van der Waals surface area (Å²) in [5.74, 6) is -7.43. The summed E-state index contributed by atoms with van der Waals surface area (Å²) < 4.78 is 18.2. The van der Waals surface area contributed by atoms with Crippen molar-refractivity contribution in [2.45, 2.75) is 13.3 Å². The molecule has 0 aromatic rings. The van der Waals surface area contributed by atoms with Crippen LogP contribution < -0.4 is 0 Å². The maximum Gasteiger partial charge on any atom is 0.320 e. The van der Waals surface area contributed by atoms with E-state index in [1.54, 1.807) is 6.92 Å². The zero-order valence-electron chi connectivity index (χ0n) is 12.7. The first-order chi connectivity index (χ1) is 9.89. The molecule has 120 valence electrons. The number of esters is 4. The van der Waals surface area contributed by atoms with Crippen molar-refractivity contribution < 1.29 is 38.1 Å². The number of hydrogen-bond acceptors (Lipinski definition) is 8. The standard InChI is InChI=1S/C13H20O8/c1-6-7(8(10(14)18-2)11(15)19-3)9(12(16)20-4)13(17)21-5/h7-9H,6H2,1-5H3. The van der Waals surface area contributed by atoms with Crippen LogP contribution in [0.4, 0.5) is 0 Å². The highest BCUT2D eigenvalue weighted by molar-refractivity contribution is 6.00. The Morgan fingerprint density at radius 2 is 0.905 bits per heavy atom. The van der Waals surface area contributed by atoms with Gasteiger partial charge < -0.3 is 18.9 Å². The Hall–Kier alpha value is -2.12. The normalized spacial score (nSPS) is 10.5. The maximum absolute atomic E-state index is 11.8. The summed E-state index contributed by atoms with van der Waals surface area (Å²) in [6.07, 6.45) is 0.156. The van der Waals surface area contributed by atoms with E-state index in [-0.39, 0.29) is 6.42 Å². The summed E-state index contributed by atoms with van der Waals surface area (Å²) in [5.41, 5.74) is 0. The molecule has 0 radical (unpaired) electrons. The van der Waals surface area contributed by atoms with Gasteiger partial charge in [-0.2, -0.15) is 0 Å². The first kappa shape index (κ1) is 18.9. The molecule has 8 nitrogen and oxygen atoms in total. The maximum atomic E-state index is 11.8. The molecule has 21 heavy (non-hydrogen) atoms. The lowest BCUT2D eigenvalue weighted by Gasteiger charge is -2.26. The lowest BCUT2D eigenvalue weighted by molar-refractivity contribution is -0.169. The van der Waals surface area contributed by atoms with Crippen molar-refractivity contribution in [1.29, 1.82) is 0 Å². The van der Waals surface area contributed by atoms with Gasteiger partial charge in [0, 0.05) is 5.92 Å². The third-order valence-electron chi connectivity index (χ3n) is 3.15. The fourth-order valence-corrected chi connectivity index (χ4v) is 2.06. The van der Waals surface area contributed by atoms with E-state index in [2.05, 4.69) is 18.9 Å². The van der Waals surface area contributed by atoms with Crippen LogP contribution in [0.1, 0.15) is 13.3 Å². The fraction of sp³-hybridized carbons (Fsp3) is 0.692. The highest BCUT2D eigenvalue weighted by atomic mass is 16.6. The zero-order valence-corrected chi connectivity index (χ0v) is 12.7. The van der Waals surface area contributed by atoms with Crippen molar-refractivity contribution in [3.05, 3.63) is 0 Å². The van der Waals surface area contributed by atoms with E-state index in [0.717, 1.165) is 28.4 Å². The van der Waals surface area contributed by atoms with Gasteiger partial charge in [-0.25, -0.2) is 0 Å². The molecule has 8 heteroatoms. The van der Waals surface area contributed by atoms with E-state index >= 15 is 0 Å². The average molecular weight is 304 g/mol. The minimum atomic E-state index is -1.42. The Labute approximate surface area is 122 Å². The number of hydrogen-bond donors (Lipinski definition) is 0.